The number of hydrogen-bond acceptors (Lipinski definition) is 5. The Morgan fingerprint density at radius 3 is 1.00 bits per heavy atom. The number of hydrogen-bond donors (Lipinski definition) is 0. The fourth-order valence-corrected chi connectivity index (χ4v) is 0.490. The molecule has 0 bridgehead atoms. The van der Waals surface area contributed by atoms with E-state index in [0.29, 0.717) is 0 Å². The van der Waals surface area contributed by atoms with Crippen molar-refractivity contribution in [1.29, 1.82) is 0 Å². The van der Waals surface area contributed by atoms with Crippen LogP contribution in [0, 0.1) is 0 Å². The van der Waals surface area contributed by atoms with Gasteiger partial charge in [0.25, 0.3) is 0 Å². The zero-order valence-electron chi connectivity index (χ0n) is 4.94. The second-order valence-electron chi connectivity index (χ2n) is 0.529. The van der Waals surface area contributed by atoms with E-state index >= 15 is 0 Å². The average molecular weight is 156 g/mol. The first kappa shape index (κ1) is 17.1. The first-order chi connectivity index (χ1) is 3.13. The number of rotatable bonds is 2. The summed E-state index contributed by atoms with van der Waals surface area (Å²) in [5, 5.41) is 0. The van der Waals surface area contributed by atoms with E-state index in [1.165, 1.54) is 0 Å². The zero-order valence-corrected chi connectivity index (χ0v) is 6.72. The third-order valence-corrected chi connectivity index (χ3v) is 1.20. The predicted molar refractivity (Wildman–Crippen MR) is 14.9 cm³/mol. The van der Waals surface area contributed by atoms with Crippen molar-refractivity contribution in [1.82, 2.24) is 0 Å². The Bertz CT molecular complexity index is 42.2. The minimum Gasteiger partial charge on any atom is -0.820 e. The van der Waals surface area contributed by atoms with Crippen molar-refractivity contribution in [2.45, 2.75) is 0 Å². The van der Waals surface area contributed by atoms with E-state index in [-0.39, 0.29) is 37.7 Å². The fourth-order valence-electron chi connectivity index (χ4n) is 0.0544. The molecule has 0 saturated heterocycles. The summed E-state index contributed by atoms with van der Waals surface area (Å²) in [6.07, 6.45) is 0. The summed E-state index contributed by atoms with van der Waals surface area (Å²) in [7, 11) is -6.47. The molecular weight excluding hydrogens is 156 g/mol. The molecule has 0 saturated carbocycles. The van der Waals surface area contributed by atoms with Gasteiger partial charge in [-0.25, -0.2) is 0 Å². The van der Waals surface area contributed by atoms with Gasteiger partial charge in [0.2, 0.25) is 0 Å². The van der Waals surface area contributed by atoms with Crippen molar-refractivity contribution in [3.8, 4) is 0 Å². The summed E-state index contributed by atoms with van der Waals surface area (Å²) in [5.41, 5.74) is 0. The van der Waals surface area contributed by atoms with E-state index in [9.17, 15) is 19.6 Å². The average Bonchev–Trinajstić information content (AvgIpc) is 1.27. The van der Waals surface area contributed by atoms with E-state index < -0.39 is 17.2 Å². The molecule has 0 heterocycles. The van der Waals surface area contributed by atoms with Crippen LogP contribution in [0.1, 0.15) is 0 Å². The molecule has 0 fully saturated rings. The van der Waals surface area contributed by atoms with Gasteiger partial charge >= 0.3 is 37.7 Å². The van der Waals surface area contributed by atoms with Crippen LogP contribution in [0.15, 0.2) is 0 Å². The van der Waals surface area contributed by atoms with Crippen LogP contribution in [0.4, 0.5) is 0 Å². The van der Waals surface area contributed by atoms with Crippen molar-refractivity contribution in [2.24, 2.45) is 0 Å². The Kier molecular flexibility index (Phi) is 18.7. The molecule has 0 aliphatic rings. The normalized spacial score (nSPS) is 8.67. The molecule has 0 amide bonds. The van der Waals surface area contributed by atoms with Crippen LogP contribution < -0.4 is 57.3 Å². The minimum absolute atomic E-state index is 0. The van der Waals surface area contributed by atoms with Gasteiger partial charge in [-0.05, 0) is 0 Å². The topological polar surface area (TPSA) is 101 Å². The summed E-state index contributed by atoms with van der Waals surface area (Å²) >= 11 is 0. The van der Waals surface area contributed by atoms with Gasteiger partial charge in [-0.3, -0.25) is 0 Å². The van der Waals surface area contributed by atoms with Crippen LogP contribution >= 0.6 is 17.2 Å². The largest absolute Gasteiger partial charge is 1.00 e. The van der Waals surface area contributed by atoms with E-state index in [4.69, 9.17) is 0 Å². The van der Waals surface area contributed by atoms with Crippen LogP contribution in [0.2, 0.25) is 0 Å². The quantitative estimate of drug-likeness (QED) is 0.291. The molecule has 0 aromatic heterocycles. The molecule has 0 aromatic carbocycles. The molecule has 0 atom stereocenters. The molecule has 0 radical (unpaired) electrons. The molecule has 0 N–H and O–H groups in total. The van der Waals surface area contributed by atoms with Gasteiger partial charge in [0.15, 0.2) is 0 Å². The van der Waals surface area contributed by atoms with Gasteiger partial charge in [0.05, 0.1) is 0 Å². The van der Waals surface area contributed by atoms with Crippen molar-refractivity contribution in [3.05, 3.63) is 0 Å². The van der Waals surface area contributed by atoms with Crippen LogP contribution in [0.25, 0.3) is 0 Å². The Labute approximate surface area is 78.8 Å². The molecule has 9 heavy (non-hydrogen) atoms. The standard InChI is InChI=1S/2Li.O5P2/c;;1-6(2)5-7(3)4/q2*+1;-4. The summed E-state index contributed by atoms with van der Waals surface area (Å²) < 4.78 is 3.16. The Morgan fingerprint density at radius 2 is 1.00 bits per heavy atom. The van der Waals surface area contributed by atoms with Crippen LogP contribution in [0.3, 0.4) is 0 Å². The molecule has 0 rings (SSSR count). The van der Waals surface area contributed by atoms with Crippen molar-refractivity contribution >= 4 is 17.2 Å². The van der Waals surface area contributed by atoms with Crippen molar-refractivity contribution < 1.29 is 61.6 Å². The molecule has 0 aliphatic carbocycles. The molecule has 0 unspecified atom stereocenters. The second kappa shape index (κ2) is 9.85. The zero-order chi connectivity index (χ0) is 5.86. The van der Waals surface area contributed by atoms with Gasteiger partial charge in [-0.1, -0.05) is 0 Å². The van der Waals surface area contributed by atoms with Gasteiger partial charge < -0.3 is 23.9 Å². The Balaban J connectivity index is -0.000000180. The smallest absolute Gasteiger partial charge is 0.820 e. The van der Waals surface area contributed by atoms with Gasteiger partial charge in [0.1, 0.15) is 0 Å². The van der Waals surface area contributed by atoms with E-state index in [1.54, 1.807) is 0 Å². The first-order valence-corrected chi connectivity index (χ1v) is 3.29. The first-order valence-electron chi connectivity index (χ1n) is 1.10. The van der Waals surface area contributed by atoms with Gasteiger partial charge in [-0.2, -0.15) is 17.2 Å². The van der Waals surface area contributed by atoms with Crippen LogP contribution in [-0.4, -0.2) is 0 Å². The van der Waals surface area contributed by atoms with Crippen molar-refractivity contribution in [3.63, 3.8) is 0 Å². The molecule has 0 aromatic rings. The summed E-state index contributed by atoms with van der Waals surface area (Å²) in [4.78, 5) is 37.0. The van der Waals surface area contributed by atoms with Crippen molar-refractivity contribution in [2.75, 3.05) is 0 Å². The summed E-state index contributed by atoms with van der Waals surface area (Å²) in [5.74, 6) is 0. The molecule has 0 spiro atoms. The van der Waals surface area contributed by atoms with Gasteiger partial charge in [-0.15, -0.1) is 0 Å². The monoisotopic (exact) mass is 156 g/mol. The summed E-state index contributed by atoms with van der Waals surface area (Å²) in [6.45, 7) is 0. The molecule has 9 heteroatoms. The molecule has 5 nitrogen and oxygen atoms in total. The molecular formula is Li2O5P2-2. The maximum absolute atomic E-state index is 9.24. The molecule has 44 valence electrons. The van der Waals surface area contributed by atoms with E-state index in [1.807, 2.05) is 0 Å². The van der Waals surface area contributed by atoms with Crippen LogP contribution in [-0.2, 0) is 4.31 Å². The predicted octanol–water partition coefficient (Wildman–Crippen LogP) is -9.09. The third-order valence-electron chi connectivity index (χ3n) is 0.133. The third kappa shape index (κ3) is 17.7. The minimum atomic E-state index is -3.24. The van der Waals surface area contributed by atoms with Crippen LogP contribution in [0.5, 0.6) is 0 Å². The summed E-state index contributed by atoms with van der Waals surface area (Å²) in [6, 6.07) is 0. The Hall–Kier alpha value is 1.85. The van der Waals surface area contributed by atoms with Gasteiger partial charge in [0, 0.05) is 0 Å². The maximum Gasteiger partial charge on any atom is 1.00 e. The Morgan fingerprint density at radius 1 is 0.778 bits per heavy atom. The van der Waals surface area contributed by atoms with E-state index in [2.05, 4.69) is 4.31 Å². The second-order valence-corrected chi connectivity index (χ2v) is 2.08. The fraction of sp³-hybridized carbons (Fsp3) is 0. The van der Waals surface area contributed by atoms with E-state index in [0.717, 1.165) is 0 Å². The SMILES string of the molecule is [Li+].[Li+].[O-]P([O-])OP([O-])[O-]. The maximum atomic E-state index is 9.24. The molecule has 0 aliphatic heterocycles.